The molecule has 6 nitrogen and oxygen atoms in total. The summed E-state index contributed by atoms with van der Waals surface area (Å²) in [5.74, 6) is 0.890. The quantitative estimate of drug-likeness (QED) is 0.846. The first-order chi connectivity index (χ1) is 11.8. The van der Waals surface area contributed by atoms with E-state index in [1.165, 1.54) is 0 Å². The molecule has 0 bridgehead atoms. The van der Waals surface area contributed by atoms with Gasteiger partial charge in [-0.2, -0.15) is 0 Å². The average Bonchev–Trinajstić information content (AvgIpc) is 3.06. The van der Waals surface area contributed by atoms with Gasteiger partial charge in [-0.05, 0) is 37.5 Å². The monoisotopic (exact) mass is 323 g/mol. The van der Waals surface area contributed by atoms with Crippen molar-refractivity contribution in [2.24, 2.45) is 5.41 Å². The highest BCUT2D eigenvalue weighted by molar-refractivity contribution is 5.94. The summed E-state index contributed by atoms with van der Waals surface area (Å²) in [4.78, 5) is 29.7. The molecule has 124 valence electrons. The predicted octanol–water partition coefficient (Wildman–Crippen LogP) is 2.00. The second kappa shape index (κ2) is 6.19. The number of rotatable bonds is 2. The molecule has 4 rings (SSSR count). The van der Waals surface area contributed by atoms with Gasteiger partial charge in [0.05, 0.1) is 5.56 Å². The molecule has 24 heavy (non-hydrogen) atoms. The molecule has 0 aliphatic carbocycles. The lowest BCUT2D eigenvalue weighted by Crippen LogP contribution is -2.46. The number of pyridine rings is 1. The minimum Gasteiger partial charge on any atom is -0.340 e. The van der Waals surface area contributed by atoms with Crippen molar-refractivity contribution in [3.05, 3.63) is 48.5 Å². The van der Waals surface area contributed by atoms with E-state index in [1.807, 2.05) is 23.1 Å². The lowest BCUT2D eigenvalue weighted by molar-refractivity contribution is 0.0767. The number of aromatic nitrogens is 3. The number of hydrogen-bond donors (Lipinski definition) is 0. The van der Waals surface area contributed by atoms with E-state index >= 15 is 0 Å². The van der Waals surface area contributed by atoms with Crippen LogP contribution in [0.5, 0.6) is 0 Å². The van der Waals surface area contributed by atoms with Gasteiger partial charge in [0.25, 0.3) is 5.91 Å². The second-order valence-electron chi connectivity index (χ2n) is 6.79. The van der Waals surface area contributed by atoms with Crippen LogP contribution < -0.4 is 4.90 Å². The fourth-order valence-electron chi connectivity index (χ4n) is 3.95. The molecule has 2 aromatic rings. The first kappa shape index (κ1) is 15.1. The number of carbonyl (C=O) groups is 1. The topological polar surface area (TPSA) is 62.2 Å². The minimum absolute atomic E-state index is 0.0908. The van der Waals surface area contributed by atoms with E-state index < -0.39 is 0 Å². The summed E-state index contributed by atoms with van der Waals surface area (Å²) in [6, 6.07) is 5.49. The Balaban J connectivity index is 1.48. The SMILES string of the molecule is O=C(c1cccnc1)N1CCC2(CCCN(c3ncccn3)C2)C1. The van der Waals surface area contributed by atoms with Crippen LogP contribution in [0, 0.1) is 5.41 Å². The molecule has 1 spiro atoms. The molecule has 0 radical (unpaired) electrons. The van der Waals surface area contributed by atoms with Crippen molar-refractivity contribution in [3.8, 4) is 0 Å². The van der Waals surface area contributed by atoms with Crippen molar-refractivity contribution in [2.75, 3.05) is 31.1 Å². The van der Waals surface area contributed by atoms with E-state index in [0.717, 1.165) is 51.4 Å². The fraction of sp³-hybridized carbons (Fsp3) is 0.444. The van der Waals surface area contributed by atoms with E-state index in [9.17, 15) is 4.79 Å². The number of likely N-dealkylation sites (tertiary alicyclic amines) is 1. The number of amides is 1. The normalized spacial score (nSPS) is 23.7. The highest BCUT2D eigenvalue weighted by Gasteiger charge is 2.43. The molecule has 1 unspecified atom stereocenters. The largest absolute Gasteiger partial charge is 0.340 e. The summed E-state index contributed by atoms with van der Waals surface area (Å²) in [7, 11) is 0. The van der Waals surface area contributed by atoms with Gasteiger partial charge < -0.3 is 9.80 Å². The van der Waals surface area contributed by atoms with Gasteiger partial charge in [0.2, 0.25) is 5.95 Å². The van der Waals surface area contributed by atoms with Gasteiger partial charge >= 0.3 is 0 Å². The molecular formula is C18H21N5O. The second-order valence-corrected chi connectivity index (χ2v) is 6.79. The van der Waals surface area contributed by atoms with Gasteiger partial charge in [-0.1, -0.05) is 0 Å². The Kier molecular flexibility index (Phi) is 3.88. The lowest BCUT2D eigenvalue weighted by Gasteiger charge is -2.40. The van der Waals surface area contributed by atoms with Crippen LogP contribution in [0.4, 0.5) is 5.95 Å². The van der Waals surface area contributed by atoms with Crippen LogP contribution in [0.2, 0.25) is 0 Å². The van der Waals surface area contributed by atoms with Gasteiger partial charge in [0, 0.05) is 56.4 Å². The molecule has 2 aliphatic rings. The molecule has 1 amide bonds. The van der Waals surface area contributed by atoms with Crippen molar-refractivity contribution in [1.29, 1.82) is 0 Å². The van der Waals surface area contributed by atoms with Crippen LogP contribution in [0.1, 0.15) is 29.6 Å². The molecule has 2 aromatic heterocycles. The van der Waals surface area contributed by atoms with E-state index in [1.54, 1.807) is 24.8 Å². The van der Waals surface area contributed by atoms with Gasteiger partial charge in [0.1, 0.15) is 0 Å². The number of carbonyl (C=O) groups excluding carboxylic acids is 1. The highest BCUT2D eigenvalue weighted by atomic mass is 16.2. The smallest absolute Gasteiger partial charge is 0.255 e. The van der Waals surface area contributed by atoms with Crippen LogP contribution >= 0.6 is 0 Å². The summed E-state index contributed by atoms with van der Waals surface area (Å²) < 4.78 is 0. The molecule has 4 heterocycles. The number of nitrogens with zero attached hydrogens (tertiary/aromatic N) is 5. The van der Waals surface area contributed by atoms with Crippen molar-refractivity contribution in [1.82, 2.24) is 19.9 Å². The van der Waals surface area contributed by atoms with Crippen LogP contribution in [-0.2, 0) is 0 Å². The zero-order valence-electron chi connectivity index (χ0n) is 13.6. The Morgan fingerprint density at radius 3 is 2.71 bits per heavy atom. The van der Waals surface area contributed by atoms with Crippen molar-refractivity contribution >= 4 is 11.9 Å². The van der Waals surface area contributed by atoms with Gasteiger partial charge in [-0.15, -0.1) is 0 Å². The molecule has 6 heteroatoms. The minimum atomic E-state index is 0.0908. The first-order valence-corrected chi connectivity index (χ1v) is 8.47. The zero-order valence-corrected chi connectivity index (χ0v) is 13.6. The third-order valence-corrected chi connectivity index (χ3v) is 5.13. The summed E-state index contributed by atoms with van der Waals surface area (Å²) in [6.45, 7) is 3.54. The van der Waals surface area contributed by atoms with E-state index in [2.05, 4.69) is 19.9 Å². The Morgan fingerprint density at radius 1 is 1.04 bits per heavy atom. The first-order valence-electron chi connectivity index (χ1n) is 8.47. The van der Waals surface area contributed by atoms with E-state index in [0.29, 0.717) is 5.56 Å². The van der Waals surface area contributed by atoms with Crippen LogP contribution in [0.3, 0.4) is 0 Å². The number of piperidine rings is 1. The summed E-state index contributed by atoms with van der Waals surface area (Å²) in [6.07, 6.45) is 10.2. The highest BCUT2D eigenvalue weighted by Crippen LogP contribution is 2.40. The molecule has 2 fully saturated rings. The molecule has 2 saturated heterocycles. The van der Waals surface area contributed by atoms with Gasteiger partial charge in [0.15, 0.2) is 0 Å². The molecular weight excluding hydrogens is 302 g/mol. The third kappa shape index (κ3) is 2.84. The Labute approximate surface area is 141 Å². The Morgan fingerprint density at radius 2 is 1.92 bits per heavy atom. The number of anilines is 1. The standard InChI is InChI=1S/C18H21N5O/c24-16(15-4-1-7-19-12-15)22-11-6-18(13-22)5-2-10-23(14-18)17-20-8-3-9-21-17/h1,3-4,7-9,12H,2,5-6,10-11,13-14H2. The van der Waals surface area contributed by atoms with E-state index in [4.69, 9.17) is 0 Å². The van der Waals surface area contributed by atoms with Crippen molar-refractivity contribution < 1.29 is 4.79 Å². The van der Waals surface area contributed by atoms with Crippen LogP contribution in [-0.4, -0.2) is 51.9 Å². The maximum atomic E-state index is 12.7. The molecule has 2 aliphatic heterocycles. The van der Waals surface area contributed by atoms with Crippen LogP contribution in [0.25, 0.3) is 0 Å². The number of hydrogen-bond acceptors (Lipinski definition) is 5. The predicted molar refractivity (Wildman–Crippen MR) is 90.7 cm³/mol. The molecule has 0 saturated carbocycles. The van der Waals surface area contributed by atoms with Crippen molar-refractivity contribution in [2.45, 2.75) is 19.3 Å². The molecule has 1 atom stereocenters. The maximum absolute atomic E-state index is 12.7. The third-order valence-electron chi connectivity index (χ3n) is 5.13. The maximum Gasteiger partial charge on any atom is 0.255 e. The fourth-order valence-corrected chi connectivity index (χ4v) is 3.95. The Hall–Kier alpha value is -2.50. The van der Waals surface area contributed by atoms with Crippen LogP contribution in [0.15, 0.2) is 43.0 Å². The van der Waals surface area contributed by atoms with E-state index in [-0.39, 0.29) is 11.3 Å². The summed E-state index contributed by atoms with van der Waals surface area (Å²) in [5, 5.41) is 0. The molecule has 0 N–H and O–H groups in total. The Bertz CT molecular complexity index is 708. The van der Waals surface area contributed by atoms with Gasteiger partial charge in [-0.25, -0.2) is 9.97 Å². The zero-order chi connectivity index (χ0) is 16.4. The summed E-state index contributed by atoms with van der Waals surface area (Å²) >= 11 is 0. The lowest BCUT2D eigenvalue weighted by atomic mass is 9.79. The molecule has 0 aromatic carbocycles. The average molecular weight is 323 g/mol. The van der Waals surface area contributed by atoms with Crippen molar-refractivity contribution in [3.63, 3.8) is 0 Å². The van der Waals surface area contributed by atoms with Gasteiger partial charge in [-0.3, -0.25) is 9.78 Å². The summed E-state index contributed by atoms with van der Waals surface area (Å²) in [5.41, 5.74) is 0.837.